The molecule has 2 heterocycles. The summed E-state index contributed by atoms with van der Waals surface area (Å²) in [6, 6.07) is 8.64. The van der Waals surface area contributed by atoms with Crippen molar-refractivity contribution >= 4 is 21.4 Å². The minimum atomic E-state index is -3.37. The molecule has 7 heteroatoms. The second-order valence-electron chi connectivity index (χ2n) is 5.38. The number of aryl methyl sites for hydroxylation is 1. The summed E-state index contributed by atoms with van der Waals surface area (Å²) in [5, 5.41) is 10.5. The van der Waals surface area contributed by atoms with Gasteiger partial charge >= 0.3 is 0 Å². The highest BCUT2D eigenvalue weighted by Gasteiger charge is 2.31. The predicted octanol–water partition coefficient (Wildman–Crippen LogP) is 2.67. The lowest BCUT2D eigenvalue weighted by Gasteiger charge is -2.30. The highest BCUT2D eigenvalue weighted by molar-refractivity contribution is 7.89. The molecule has 22 heavy (non-hydrogen) atoms. The molecule has 1 aromatic carbocycles. The first-order valence-electron chi connectivity index (χ1n) is 7.48. The molecule has 5 nitrogen and oxygen atoms in total. The highest BCUT2D eigenvalue weighted by Crippen LogP contribution is 2.32. The van der Waals surface area contributed by atoms with E-state index in [0.29, 0.717) is 23.9 Å². The molecule has 0 spiro atoms. The van der Waals surface area contributed by atoms with Crippen molar-refractivity contribution < 1.29 is 8.42 Å². The third-order valence-corrected chi connectivity index (χ3v) is 7.11. The van der Waals surface area contributed by atoms with Crippen LogP contribution in [0, 0.1) is 0 Å². The molecule has 3 rings (SSSR count). The van der Waals surface area contributed by atoms with Gasteiger partial charge in [0.05, 0.1) is 4.90 Å². The number of benzene rings is 1. The van der Waals surface area contributed by atoms with Gasteiger partial charge in [-0.15, -0.1) is 21.5 Å². The molecular weight excluding hydrogens is 318 g/mol. The molecule has 1 aliphatic heterocycles. The summed E-state index contributed by atoms with van der Waals surface area (Å²) in [4.78, 5) is 0.373. The van der Waals surface area contributed by atoms with E-state index in [9.17, 15) is 8.42 Å². The Morgan fingerprint density at radius 1 is 1.18 bits per heavy atom. The van der Waals surface area contributed by atoms with Crippen LogP contribution in [-0.2, 0) is 16.4 Å². The Morgan fingerprint density at radius 2 is 1.86 bits per heavy atom. The molecule has 0 bridgehead atoms. The van der Waals surface area contributed by atoms with Crippen LogP contribution in [0.1, 0.15) is 35.7 Å². The van der Waals surface area contributed by atoms with Crippen LogP contribution in [0.15, 0.2) is 35.2 Å². The number of nitrogens with zero attached hydrogens (tertiary/aromatic N) is 3. The van der Waals surface area contributed by atoms with E-state index in [2.05, 4.69) is 17.1 Å². The van der Waals surface area contributed by atoms with E-state index in [1.165, 1.54) is 0 Å². The first-order valence-corrected chi connectivity index (χ1v) is 9.74. The van der Waals surface area contributed by atoms with Crippen LogP contribution in [0.25, 0.3) is 0 Å². The molecule has 118 valence electrons. The van der Waals surface area contributed by atoms with E-state index in [4.69, 9.17) is 0 Å². The third-order valence-electron chi connectivity index (χ3n) is 3.97. The first kappa shape index (κ1) is 15.6. The van der Waals surface area contributed by atoms with E-state index in [1.807, 2.05) is 6.07 Å². The number of hydrogen-bond donors (Lipinski definition) is 0. The molecule has 0 unspecified atom stereocenters. The molecule has 1 aliphatic rings. The summed E-state index contributed by atoms with van der Waals surface area (Å²) >= 11 is 1.65. The van der Waals surface area contributed by atoms with Gasteiger partial charge in [0.25, 0.3) is 0 Å². The molecule has 0 aliphatic carbocycles. The van der Waals surface area contributed by atoms with Crippen molar-refractivity contribution in [2.75, 3.05) is 13.1 Å². The second kappa shape index (κ2) is 6.44. The van der Waals surface area contributed by atoms with E-state index in [-0.39, 0.29) is 0 Å². The average Bonchev–Trinajstić information content (AvgIpc) is 3.05. The summed E-state index contributed by atoms with van der Waals surface area (Å²) in [5.74, 6) is 0.333. The molecule has 0 radical (unpaired) electrons. The quantitative estimate of drug-likeness (QED) is 0.860. The molecule has 2 aromatic rings. The maximum atomic E-state index is 12.6. The normalized spacial score (nSPS) is 17.7. The van der Waals surface area contributed by atoms with Crippen molar-refractivity contribution in [1.82, 2.24) is 14.5 Å². The molecule has 1 fully saturated rings. The summed E-state index contributed by atoms with van der Waals surface area (Å²) < 4.78 is 26.7. The van der Waals surface area contributed by atoms with Crippen molar-refractivity contribution in [1.29, 1.82) is 0 Å². The highest BCUT2D eigenvalue weighted by atomic mass is 32.2. The third kappa shape index (κ3) is 3.06. The molecular formula is C15H19N3O2S2. The van der Waals surface area contributed by atoms with Gasteiger partial charge in [-0.25, -0.2) is 8.42 Å². The lowest BCUT2D eigenvalue weighted by molar-refractivity contribution is 0.318. The van der Waals surface area contributed by atoms with Crippen molar-refractivity contribution in [3.05, 3.63) is 40.3 Å². The monoisotopic (exact) mass is 337 g/mol. The van der Waals surface area contributed by atoms with Gasteiger partial charge in [0, 0.05) is 19.0 Å². The lowest BCUT2D eigenvalue weighted by Crippen LogP contribution is -2.37. The molecule has 1 aromatic heterocycles. The topological polar surface area (TPSA) is 63.2 Å². The number of rotatable bonds is 4. The number of sulfonamides is 1. The number of aromatic nitrogens is 2. The molecule has 1 saturated heterocycles. The Bertz CT molecular complexity index is 720. The number of hydrogen-bond acceptors (Lipinski definition) is 5. The van der Waals surface area contributed by atoms with Crippen LogP contribution < -0.4 is 0 Å². The fourth-order valence-corrected chi connectivity index (χ4v) is 5.10. The molecule has 0 atom stereocenters. The van der Waals surface area contributed by atoms with Crippen molar-refractivity contribution in [3.8, 4) is 0 Å². The summed E-state index contributed by atoms with van der Waals surface area (Å²) in [6.45, 7) is 3.16. The van der Waals surface area contributed by atoms with Gasteiger partial charge in [0.2, 0.25) is 10.0 Å². The fourth-order valence-electron chi connectivity index (χ4n) is 2.66. The van der Waals surface area contributed by atoms with E-state index >= 15 is 0 Å². The molecule has 0 amide bonds. The Kier molecular flexibility index (Phi) is 4.56. The van der Waals surface area contributed by atoms with Crippen LogP contribution in [0.4, 0.5) is 0 Å². The lowest BCUT2D eigenvalue weighted by atomic mass is 9.99. The van der Waals surface area contributed by atoms with E-state index in [0.717, 1.165) is 29.3 Å². The Morgan fingerprint density at radius 3 is 2.45 bits per heavy atom. The summed E-state index contributed by atoms with van der Waals surface area (Å²) in [5.41, 5.74) is 0. The summed E-state index contributed by atoms with van der Waals surface area (Å²) in [7, 11) is -3.37. The zero-order chi connectivity index (χ0) is 15.6. The van der Waals surface area contributed by atoms with Crippen LogP contribution >= 0.6 is 11.3 Å². The van der Waals surface area contributed by atoms with Crippen LogP contribution in [-0.4, -0.2) is 36.0 Å². The smallest absolute Gasteiger partial charge is 0.207 e. The molecule has 0 saturated carbocycles. The SMILES string of the molecule is CCc1nnc(C2CCN(S(=O)(=O)c3ccccc3)CC2)s1. The minimum Gasteiger partial charge on any atom is -0.207 e. The van der Waals surface area contributed by atoms with Gasteiger partial charge < -0.3 is 0 Å². The zero-order valence-corrected chi connectivity index (χ0v) is 14.1. The second-order valence-corrected chi connectivity index (χ2v) is 8.41. The van der Waals surface area contributed by atoms with Gasteiger partial charge in [0.1, 0.15) is 10.0 Å². The standard InChI is InChI=1S/C15H19N3O2S2/c1-2-14-16-17-15(21-14)12-8-10-18(11-9-12)22(19,20)13-6-4-3-5-7-13/h3-7,12H,2,8-11H2,1H3. The predicted molar refractivity (Wildman–Crippen MR) is 86.5 cm³/mol. The number of piperidine rings is 1. The Labute approximate surface area is 135 Å². The average molecular weight is 337 g/mol. The van der Waals surface area contributed by atoms with E-state index in [1.54, 1.807) is 39.9 Å². The largest absolute Gasteiger partial charge is 0.243 e. The van der Waals surface area contributed by atoms with Crippen LogP contribution in [0.3, 0.4) is 0 Å². The van der Waals surface area contributed by atoms with Gasteiger partial charge in [-0.05, 0) is 31.4 Å². The van der Waals surface area contributed by atoms with Gasteiger partial charge in [-0.3, -0.25) is 0 Å². The van der Waals surface area contributed by atoms with Gasteiger partial charge in [-0.2, -0.15) is 4.31 Å². The van der Waals surface area contributed by atoms with Crippen molar-refractivity contribution in [2.24, 2.45) is 0 Å². The maximum Gasteiger partial charge on any atom is 0.243 e. The van der Waals surface area contributed by atoms with Gasteiger partial charge in [0.15, 0.2) is 0 Å². The van der Waals surface area contributed by atoms with Crippen LogP contribution in [0.2, 0.25) is 0 Å². The Balaban J connectivity index is 1.69. The minimum absolute atomic E-state index is 0.333. The fraction of sp³-hybridized carbons (Fsp3) is 0.467. The molecule has 0 N–H and O–H groups in total. The van der Waals surface area contributed by atoms with Crippen molar-refractivity contribution in [2.45, 2.75) is 37.0 Å². The first-order chi connectivity index (χ1) is 10.6. The zero-order valence-electron chi connectivity index (χ0n) is 12.5. The van der Waals surface area contributed by atoms with Crippen molar-refractivity contribution in [3.63, 3.8) is 0 Å². The Hall–Kier alpha value is -1.31. The maximum absolute atomic E-state index is 12.6. The van der Waals surface area contributed by atoms with Gasteiger partial charge in [-0.1, -0.05) is 25.1 Å². The summed E-state index contributed by atoms with van der Waals surface area (Å²) in [6.07, 6.45) is 2.52. The van der Waals surface area contributed by atoms with Crippen LogP contribution in [0.5, 0.6) is 0 Å². The van der Waals surface area contributed by atoms with E-state index < -0.39 is 10.0 Å².